The van der Waals surface area contributed by atoms with E-state index in [4.69, 9.17) is 16.6 Å². The number of carbonyl (C=O) groups excluding carboxylic acids is 1. The highest BCUT2D eigenvalue weighted by molar-refractivity contribution is 7.13. The van der Waals surface area contributed by atoms with Gasteiger partial charge in [-0.15, -0.1) is 11.3 Å². The van der Waals surface area contributed by atoms with Crippen molar-refractivity contribution in [3.8, 4) is 0 Å². The summed E-state index contributed by atoms with van der Waals surface area (Å²) in [4.78, 5) is 21.8. The quantitative estimate of drug-likeness (QED) is 0.522. The van der Waals surface area contributed by atoms with Crippen molar-refractivity contribution in [1.82, 2.24) is 14.5 Å². The van der Waals surface area contributed by atoms with Crippen LogP contribution in [0.3, 0.4) is 0 Å². The van der Waals surface area contributed by atoms with E-state index in [1.807, 2.05) is 42.2 Å². The maximum absolute atomic E-state index is 13.0. The molecule has 0 N–H and O–H groups in total. The minimum absolute atomic E-state index is 0.0954. The molecule has 1 aliphatic carbocycles. The third-order valence-corrected chi connectivity index (χ3v) is 6.21. The van der Waals surface area contributed by atoms with E-state index >= 15 is 0 Å². The number of benzene rings is 1. The summed E-state index contributed by atoms with van der Waals surface area (Å²) in [5.74, 6) is 1.77. The summed E-state index contributed by atoms with van der Waals surface area (Å²) in [6.45, 7) is 6.35. The molecule has 3 aromatic rings. The van der Waals surface area contributed by atoms with E-state index in [0.717, 1.165) is 57.1 Å². The molecule has 0 aliphatic heterocycles. The van der Waals surface area contributed by atoms with E-state index in [1.54, 1.807) is 11.3 Å². The van der Waals surface area contributed by atoms with E-state index < -0.39 is 0 Å². The molecule has 142 valence electrons. The van der Waals surface area contributed by atoms with E-state index in [1.165, 1.54) is 12.8 Å². The standard InChI is InChI=1S/C21H24ClN3OS/c1-3-10-24(21(26)19-9-4-14(2)27-19)13-20-23-17-8-7-16(22)11-18(17)25(20)12-15-5-6-15/h4,7-9,11,15H,3,5-6,10,12-13H2,1-2H3. The van der Waals surface area contributed by atoms with Gasteiger partial charge in [0.2, 0.25) is 0 Å². The lowest BCUT2D eigenvalue weighted by Gasteiger charge is -2.22. The SMILES string of the molecule is CCCN(Cc1nc2ccc(Cl)cc2n1CC1CC1)C(=O)c1ccc(C)s1. The number of thiophene rings is 1. The van der Waals surface area contributed by atoms with Gasteiger partial charge in [-0.3, -0.25) is 4.79 Å². The van der Waals surface area contributed by atoms with Crippen molar-refractivity contribution in [2.24, 2.45) is 5.92 Å². The summed E-state index contributed by atoms with van der Waals surface area (Å²) in [5, 5.41) is 0.724. The van der Waals surface area contributed by atoms with Crippen molar-refractivity contribution in [2.45, 2.75) is 46.2 Å². The number of imidazole rings is 1. The molecule has 1 fully saturated rings. The van der Waals surface area contributed by atoms with Gasteiger partial charge in [0.05, 0.1) is 22.5 Å². The van der Waals surface area contributed by atoms with Gasteiger partial charge < -0.3 is 9.47 Å². The molecule has 2 heterocycles. The Morgan fingerprint density at radius 3 is 2.81 bits per heavy atom. The monoisotopic (exact) mass is 401 g/mol. The average Bonchev–Trinajstić information content (AvgIpc) is 3.27. The van der Waals surface area contributed by atoms with Crippen LogP contribution in [0, 0.1) is 12.8 Å². The lowest BCUT2D eigenvalue weighted by atomic mass is 10.3. The summed E-state index contributed by atoms with van der Waals surface area (Å²) in [5.41, 5.74) is 2.02. The molecule has 2 aromatic heterocycles. The van der Waals surface area contributed by atoms with Gasteiger partial charge in [0, 0.05) is 23.0 Å². The Kier molecular flexibility index (Phi) is 5.24. The summed E-state index contributed by atoms with van der Waals surface area (Å²) in [6, 6.07) is 9.78. The van der Waals surface area contributed by atoms with Gasteiger partial charge >= 0.3 is 0 Å². The molecule has 1 aliphatic rings. The first-order chi connectivity index (χ1) is 13.0. The number of halogens is 1. The second kappa shape index (κ2) is 7.64. The molecule has 1 saturated carbocycles. The van der Waals surface area contributed by atoms with Gasteiger partial charge in [-0.25, -0.2) is 4.98 Å². The average molecular weight is 402 g/mol. The summed E-state index contributed by atoms with van der Waals surface area (Å²) in [7, 11) is 0. The van der Waals surface area contributed by atoms with Crippen LogP contribution >= 0.6 is 22.9 Å². The molecule has 27 heavy (non-hydrogen) atoms. The zero-order valence-electron chi connectivity index (χ0n) is 15.7. The predicted octanol–water partition coefficient (Wildman–Crippen LogP) is 5.52. The molecular formula is C21H24ClN3OS. The Balaban J connectivity index is 1.67. The first-order valence-electron chi connectivity index (χ1n) is 9.55. The molecule has 0 bridgehead atoms. The summed E-state index contributed by atoms with van der Waals surface area (Å²) in [6.07, 6.45) is 3.46. The summed E-state index contributed by atoms with van der Waals surface area (Å²) < 4.78 is 2.27. The van der Waals surface area contributed by atoms with Gasteiger partial charge in [0.25, 0.3) is 5.91 Å². The fourth-order valence-corrected chi connectivity index (χ4v) is 4.43. The second-order valence-electron chi connectivity index (χ2n) is 7.35. The normalized spacial score (nSPS) is 14.0. The molecule has 1 aromatic carbocycles. The Morgan fingerprint density at radius 1 is 1.33 bits per heavy atom. The highest BCUT2D eigenvalue weighted by atomic mass is 35.5. The van der Waals surface area contributed by atoms with Crippen molar-refractivity contribution in [1.29, 1.82) is 0 Å². The molecule has 6 heteroatoms. The van der Waals surface area contributed by atoms with Crippen LogP contribution < -0.4 is 0 Å². The van der Waals surface area contributed by atoms with E-state index in [0.29, 0.717) is 6.54 Å². The predicted molar refractivity (Wildman–Crippen MR) is 112 cm³/mol. The molecule has 0 saturated heterocycles. The molecule has 1 amide bonds. The van der Waals surface area contributed by atoms with Gasteiger partial charge in [0.1, 0.15) is 5.82 Å². The van der Waals surface area contributed by atoms with Crippen LogP contribution in [0.2, 0.25) is 5.02 Å². The van der Waals surface area contributed by atoms with E-state index in [-0.39, 0.29) is 5.91 Å². The van der Waals surface area contributed by atoms with Crippen LogP contribution in [0.25, 0.3) is 11.0 Å². The number of nitrogens with zero attached hydrogens (tertiary/aromatic N) is 3. The number of hydrogen-bond acceptors (Lipinski definition) is 3. The number of aryl methyl sites for hydroxylation is 1. The van der Waals surface area contributed by atoms with Crippen molar-refractivity contribution in [3.63, 3.8) is 0 Å². The topological polar surface area (TPSA) is 38.1 Å². The Labute approximate surface area is 168 Å². The molecule has 0 atom stereocenters. The Hall–Kier alpha value is -1.85. The Bertz CT molecular complexity index is 973. The molecule has 0 spiro atoms. The first kappa shape index (κ1) is 18.5. The maximum Gasteiger partial charge on any atom is 0.264 e. The van der Waals surface area contributed by atoms with Crippen LogP contribution in [-0.2, 0) is 13.1 Å². The highest BCUT2D eigenvalue weighted by Crippen LogP contribution is 2.33. The minimum atomic E-state index is 0.0954. The third-order valence-electron chi connectivity index (χ3n) is 4.99. The van der Waals surface area contributed by atoms with Crippen LogP contribution in [-0.4, -0.2) is 26.9 Å². The van der Waals surface area contributed by atoms with Crippen molar-refractivity contribution >= 4 is 39.9 Å². The smallest absolute Gasteiger partial charge is 0.264 e. The molecular weight excluding hydrogens is 378 g/mol. The van der Waals surface area contributed by atoms with Crippen molar-refractivity contribution < 1.29 is 4.79 Å². The number of aromatic nitrogens is 2. The zero-order chi connectivity index (χ0) is 19.0. The number of rotatable bonds is 7. The lowest BCUT2D eigenvalue weighted by Crippen LogP contribution is -2.32. The van der Waals surface area contributed by atoms with Gasteiger partial charge in [-0.05, 0) is 62.4 Å². The fourth-order valence-electron chi connectivity index (χ4n) is 3.43. The van der Waals surface area contributed by atoms with E-state index in [9.17, 15) is 4.79 Å². The number of amides is 1. The summed E-state index contributed by atoms with van der Waals surface area (Å²) >= 11 is 7.79. The van der Waals surface area contributed by atoms with E-state index in [2.05, 4.69) is 11.5 Å². The Morgan fingerprint density at radius 2 is 2.15 bits per heavy atom. The second-order valence-corrected chi connectivity index (χ2v) is 9.08. The van der Waals surface area contributed by atoms with Crippen LogP contribution in [0.5, 0.6) is 0 Å². The maximum atomic E-state index is 13.0. The van der Waals surface area contributed by atoms with Crippen molar-refractivity contribution in [2.75, 3.05) is 6.54 Å². The van der Waals surface area contributed by atoms with Crippen LogP contribution in [0.15, 0.2) is 30.3 Å². The number of hydrogen-bond donors (Lipinski definition) is 0. The minimum Gasteiger partial charge on any atom is -0.330 e. The van der Waals surface area contributed by atoms with Gasteiger partial charge in [0.15, 0.2) is 0 Å². The first-order valence-corrected chi connectivity index (χ1v) is 10.7. The van der Waals surface area contributed by atoms with Gasteiger partial charge in [-0.1, -0.05) is 18.5 Å². The van der Waals surface area contributed by atoms with Crippen LogP contribution in [0.1, 0.15) is 46.6 Å². The molecule has 0 unspecified atom stereocenters. The van der Waals surface area contributed by atoms with Crippen molar-refractivity contribution in [3.05, 3.63) is 50.9 Å². The fraction of sp³-hybridized carbons (Fsp3) is 0.429. The molecule has 0 radical (unpaired) electrons. The number of fused-ring (bicyclic) bond motifs is 1. The zero-order valence-corrected chi connectivity index (χ0v) is 17.3. The van der Waals surface area contributed by atoms with Crippen LogP contribution in [0.4, 0.5) is 0 Å². The van der Waals surface area contributed by atoms with Gasteiger partial charge in [-0.2, -0.15) is 0 Å². The highest BCUT2D eigenvalue weighted by Gasteiger charge is 2.26. The molecule has 4 nitrogen and oxygen atoms in total. The molecule has 4 rings (SSSR count). The number of carbonyl (C=O) groups is 1. The third kappa shape index (κ3) is 4.04. The lowest BCUT2D eigenvalue weighted by molar-refractivity contribution is 0.0742. The largest absolute Gasteiger partial charge is 0.330 e.